The molecule has 7 nitrogen and oxygen atoms in total. The number of hydrogen-bond donors (Lipinski definition) is 1. The SMILES string of the molecule is Cc1ccsc1/C=C1/SC(=O)N(CC(=O)Nc2ccc(N3CCOCC3)cc2)C1=O. The van der Waals surface area contributed by atoms with Crippen molar-refractivity contribution in [3.05, 3.63) is 51.1 Å². The minimum absolute atomic E-state index is 0.309. The highest BCUT2D eigenvalue weighted by Crippen LogP contribution is 2.33. The Labute approximate surface area is 182 Å². The number of hydrogen-bond acceptors (Lipinski definition) is 7. The molecule has 0 radical (unpaired) electrons. The summed E-state index contributed by atoms with van der Waals surface area (Å²) in [6.07, 6.45) is 1.72. The van der Waals surface area contributed by atoms with E-state index in [4.69, 9.17) is 4.74 Å². The second-order valence-electron chi connectivity index (χ2n) is 6.93. The Morgan fingerprint density at radius 3 is 2.57 bits per heavy atom. The van der Waals surface area contributed by atoms with E-state index in [1.54, 1.807) is 6.08 Å². The first-order valence-corrected chi connectivity index (χ1v) is 11.2. The highest BCUT2D eigenvalue weighted by Gasteiger charge is 2.36. The van der Waals surface area contributed by atoms with Gasteiger partial charge in [0.1, 0.15) is 6.54 Å². The second-order valence-corrected chi connectivity index (χ2v) is 8.87. The topological polar surface area (TPSA) is 79.0 Å². The molecule has 2 aromatic rings. The van der Waals surface area contributed by atoms with Gasteiger partial charge in [-0.1, -0.05) is 0 Å². The zero-order valence-electron chi connectivity index (χ0n) is 16.4. The first kappa shape index (κ1) is 20.6. The smallest absolute Gasteiger partial charge is 0.294 e. The van der Waals surface area contributed by atoms with Crippen molar-refractivity contribution in [2.75, 3.05) is 43.1 Å². The predicted molar refractivity (Wildman–Crippen MR) is 120 cm³/mol. The zero-order chi connectivity index (χ0) is 21.1. The van der Waals surface area contributed by atoms with Crippen molar-refractivity contribution in [2.24, 2.45) is 0 Å². The lowest BCUT2D eigenvalue weighted by Gasteiger charge is -2.28. The van der Waals surface area contributed by atoms with E-state index < -0.39 is 17.1 Å². The quantitative estimate of drug-likeness (QED) is 0.712. The van der Waals surface area contributed by atoms with Gasteiger partial charge in [-0.15, -0.1) is 11.3 Å². The molecule has 0 atom stereocenters. The molecule has 2 aliphatic heterocycles. The molecule has 0 aliphatic carbocycles. The first-order valence-electron chi connectivity index (χ1n) is 9.53. The van der Waals surface area contributed by atoms with Gasteiger partial charge in [-0.2, -0.15) is 0 Å². The van der Waals surface area contributed by atoms with E-state index in [0.29, 0.717) is 23.8 Å². The maximum Gasteiger partial charge on any atom is 0.294 e. The summed E-state index contributed by atoms with van der Waals surface area (Å²) in [6.45, 7) is 4.72. The number of amides is 3. The highest BCUT2D eigenvalue weighted by atomic mass is 32.2. The fourth-order valence-electron chi connectivity index (χ4n) is 3.21. The van der Waals surface area contributed by atoms with Gasteiger partial charge in [0.05, 0.1) is 18.1 Å². The number of imide groups is 1. The van der Waals surface area contributed by atoms with Crippen molar-refractivity contribution in [2.45, 2.75) is 6.92 Å². The van der Waals surface area contributed by atoms with E-state index in [2.05, 4.69) is 10.2 Å². The van der Waals surface area contributed by atoms with Crippen LogP contribution in [0, 0.1) is 6.92 Å². The molecule has 0 spiro atoms. The molecule has 0 saturated carbocycles. The van der Waals surface area contributed by atoms with Gasteiger partial charge in [0, 0.05) is 29.3 Å². The van der Waals surface area contributed by atoms with Gasteiger partial charge in [-0.3, -0.25) is 19.3 Å². The molecule has 0 unspecified atom stereocenters. The van der Waals surface area contributed by atoms with Crippen LogP contribution in [0.15, 0.2) is 40.6 Å². The summed E-state index contributed by atoms with van der Waals surface area (Å²) in [5.41, 5.74) is 2.73. The molecule has 30 heavy (non-hydrogen) atoms. The summed E-state index contributed by atoms with van der Waals surface area (Å²) in [7, 11) is 0. The summed E-state index contributed by atoms with van der Waals surface area (Å²) in [5, 5.41) is 4.26. The van der Waals surface area contributed by atoms with E-state index in [1.165, 1.54) is 11.3 Å². The number of anilines is 2. The Kier molecular flexibility index (Phi) is 6.21. The Hall–Kier alpha value is -2.62. The number of carbonyl (C=O) groups excluding carboxylic acids is 3. The average Bonchev–Trinajstić information content (AvgIpc) is 3.27. The van der Waals surface area contributed by atoms with Crippen LogP contribution in [0.3, 0.4) is 0 Å². The van der Waals surface area contributed by atoms with E-state index in [0.717, 1.165) is 45.9 Å². The third-order valence-corrected chi connectivity index (χ3v) is 6.74. The molecule has 0 bridgehead atoms. The maximum absolute atomic E-state index is 12.6. The van der Waals surface area contributed by atoms with Crippen molar-refractivity contribution in [1.82, 2.24) is 4.90 Å². The van der Waals surface area contributed by atoms with Gasteiger partial charge < -0.3 is 15.0 Å². The van der Waals surface area contributed by atoms with Crippen LogP contribution in [0.2, 0.25) is 0 Å². The molecule has 3 heterocycles. The molecular formula is C21H21N3O4S2. The monoisotopic (exact) mass is 443 g/mol. The molecule has 1 aromatic carbocycles. The van der Waals surface area contributed by atoms with E-state index >= 15 is 0 Å². The number of nitrogens with one attached hydrogen (secondary N) is 1. The maximum atomic E-state index is 12.6. The summed E-state index contributed by atoms with van der Waals surface area (Å²) >= 11 is 2.37. The number of carbonyl (C=O) groups is 3. The molecule has 9 heteroatoms. The molecule has 3 amide bonds. The Bertz CT molecular complexity index is 994. The summed E-state index contributed by atoms with van der Waals surface area (Å²) < 4.78 is 5.36. The normalized spacial score (nSPS) is 18.4. The lowest BCUT2D eigenvalue weighted by Crippen LogP contribution is -2.36. The van der Waals surface area contributed by atoms with Gasteiger partial charge >= 0.3 is 0 Å². The van der Waals surface area contributed by atoms with Crippen molar-refractivity contribution in [3.8, 4) is 0 Å². The lowest BCUT2D eigenvalue weighted by atomic mass is 10.2. The lowest BCUT2D eigenvalue weighted by molar-refractivity contribution is -0.127. The second kappa shape index (κ2) is 9.03. The van der Waals surface area contributed by atoms with Crippen LogP contribution in [0.5, 0.6) is 0 Å². The number of thioether (sulfide) groups is 1. The van der Waals surface area contributed by atoms with Crippen LogP contribution in [0.25, 0.3) is 6.08 Å². The highest BCUT2D eigenvalue weighted by molar-refractivity contribution is 8.18. The van der Waals surface area contributed by atoms with Crippen LogP contribution in [0.1, 0.15) is 10.4 Å². The fraction of sp³-hybridized carbons (Fsp3) is 0.286. The van der Waals surface area contributed by atoms with Crippen LogP contribution >= 0.6 is 23.1 Å². The molecule has 2 aliphatic rings. The zero-order valence-corrected chi connectivity index (χ0v) is 18.1. The predicted octanol–water partition coefficient (Wildman–Crippen LogP) is 3.57. The van der Waals surface area contributed by atoms with Crippen LogP contribution in [-0.4, -0.2) is 54.8 Å². The summed E-state index contributed by atoms with van der Waals surface area (Å²) in [6, 6.07) is 9.46. The number of thiophene rings is 1. The summed E-state index contributed by atoms with van der Waals surface area (Å²) in [4.78, 5) is 41.7. The van der Waals surface area contributed by atoms with Gasteiger partial charge in [0.15, 0.2) is 0 Å². The van der Waals surface area contributed by atoms with Crippen LogP contribution in [0.4, 0.5) is 16.2 Å². The average molecular weight is 444 g/mol. The molecule has 2 saturated heterocycles. The van der Waals surface area contributed by atoms with Crippen molar-refractivity contribution in [1.29, 1.82) is 0 Å². The minimum Gasteiger partial charge on any atom is -0.378 e. The molecule has 1 N–H and O–H groups in total. The van der Waals surface area contributed by atoms with Crippen molar-refractivity contribution < 1.29 is 19.1 Å². The molecule has 4 rings (SSSR count). The Morgan fingerprint density at radius 1 is 1.17 bits per heavy atom. The largest absolute Gasteiger partial charge is 0.378 e. The van der Waals surface area contributed by atoms with E-state index in [1.807, 2.05) is 42.6 Å². The number of rotatable bonds is 5. The van der Waals surface area contributed by atoms with Gasteiger partial charge in [-0.25, -0.2) is 0 Å². The van der Waals surface area contributed by atoms with Crippen LogP contribution < -0.4 is 10.2 Å². The van der Waals surface area contributed by atoms with Gasteiger partial charge in [0.25, 0.3) is 11.1 Å². The first-order chi connectivity index (χ1) is 14.5. The third-order valence-electron chi connectivity index (χ3n) is 4.87. The minimum atomic E-state index is -0.435. The molecule has 2 fully saturated rings. The molecule has 156 valence electrons. The standard InChI is InChI=1S/C21H21N3O4S2/c1-14-6-11-29-17(14)12-18-20(26)24(21(27)30-18)13-19(25)22-15-2-4-16(5-3-15)23-7-9-28-10-8-23/h2-6,11-12H,7-10,13H2,1H3,(H,22,25)/b18-12+. The number of morpholine rings is 1. The van der Waals surface area contributed by atoms with E-state index in [9.17, 15) is 14.4 Å². The van der Waals surface area contributed by atoms with Crippen molar-refractivity contribution in [3.63, 3.8) is 0 Å². The van der Waals surface area contributed by atoms with E-state index in [-0.39, 0.29) is 6.54 Å². The fourth-order valence-corrected chi connectivity index (χ4v) is 4.96. The number of nitrogens with zero attached hydrogens (tertiary/aromatic N) is 2. The summed E-state index contributed by atoms with van der Waals surface area (Å²) in [5.74, 6) is -0.847. The van der Waals surface area contributed by atoms with Gasteiger partial charge in [-0.05, 0) is 66.0 Å². The Balaban J connectivity index is 1.36. The molecule has 1 aromatic heterocycles. The van der Waals surface area contributed by atoms with Crippen molar-refractivity contribution >= 4 is 57.6 Å². The Morgan fingerprint density at radius 2 is 1.90 bits per heavy atom. The number of ether oxygens (including phenoxy) is 1. The van der Waals surface area contributed by atoms with Gasteiger partial charge in [0.2, 0.25) is 5.91 Å². The third kappa shape index (κ3) is 4.58. The van der Waals surface area contributed by atoms with Crippen LogP contribution in [-0.2, 0) is 14.3 Å². The molecular weight excluding hydrogens is 422 g/mol. The number of aryl methyl sites for hydroxylation is 1. The number of benzene rings is 1.